The number of aromatic nitrogens is 1. The summed E-state index contributed by atoms with van der Waals surface area (Å²) in [6.45, 7) is 0. The zero-order chi connectivity index (χ0) is 19.7. The molecule has 144 valence electrons. The van der Waals surface area contributed by atoms with Gasteiger partial charge in [-0.05, 0) is 25.0 Å². The van der Waals surface area contributed by atoms with Crippen LogP contribution in [0.25, 0.3) is 11.3 Å². The minimum Gasteiger partial charge on any atom is -0.313 e. The Morgan fingerprint density at radius 1 is 1.21 bits per heavy atom. The van der Waals surface area contributed by atoms with Crippen LogP contribution >= 0.6 is 22.9 Å². The average Bonchev–Trinajstić information content (AvgIpc) is 3.34. The van der Waals surface area contributed by atoms with Crippen LogP contribution in [-0.4, -0.2) is 9.49 Å². The van der Waals surface area contributed by atoms with E-state index in [2.05, 4.69) is 9.56 Å². The highest BCUT2D eigenvalue weighted by Gasteiger charge is 2.22. The van der Waals surface area contributed by atoms with Crippen molar-refractivity contribution in [1.29, 1.82) is 0 Å². The van der Waals surface area contributed by atoms with Gasteiger partial charge in [-0.3, -0.25) is 10.1 Å². The predicted molar refractivity (Wildman–Crippen MR) is 109 cm³/mol. The van der Waals surface area contributed by atoms with Gasteiger partial charge in [0.15, 0.2) is 4.80 Å². The highest BCUT2D eigenvalue weighted by Crippen LogP contribution is 2.34. The van der Waals surface area contributed by atoms with E-state index in [0.29, 0.717) is 5.69 Å². The van der Waals surface area contributed by atoms with Crippen molar-refractivity contribution in [2.45, 2.75) is 31.7 Å². The van der Waals surface area contributed by atoms with Crippen molar-refractivity contribution < 1.29 is 9.31 Å². The zero-order valence-electron chi connectivity index (χ0n) is 14.8. The third-order valence-corrected chi connectivity index (χ3v) is 6.06. The molecule has 8 heteroatoms. The fourth-order valence-electron chi connectivity index (χ4n) is 3.57. The Morgan fingerprint density at radius 2 is 2.00 bits per heavy atom. The number of halogens is 2. The topological polar surface area (TPSA) is 60.4 Å². The molecule has 0 bridgehead atoms. The van der Waals surface area contributed by atoms with E-state index >= 15 is 0 Å². The fourth-order valence-corrected chi connectivity index (χ4v) is 4.67. The lowest BCUT2D eigenvalue weighted by atomic mass is 10.1. The summed E-state index contributed by atoms with van der Waals surface area (Å²) >= 11 is 7.22. The Morgan fingerprint density at radius 3 is 2.71 bits per heavy atom. The second-order valence-electron chi connectivity index (χ2n) is 6.73. The Balaban J connectivity index is 1.86. The van der Waals surface area contributed by atoms with Gasteiger partial charge >= 0.3 is 0 Å². The molecule has 0 atom stereocenters. The quantitative estimate of drug-likeness (QED) is 0.371. The molecule has 3 aromatic rings. The average molecular weight is 418 g/mol. The minimum atomic E-state index is -0.509. The van der Waals surface area contributed by atoms with E-state index in [4.69, 9.17) is 11.6 Å². The molecule has 4 rings (SSSR count). The first-order valence-electron chi connectivity index (χ1n) is 8.97. The van der Waals surface area contributed by atoms with E-state index in [0.717, 1.165) is 41.7 Å². The largest absolute Gasteiger partial charge is 0.313 e. The number of non-ortho nitro benzene ring substituents is 1. The summed E-state index contributed by atoms with van der Waals surface area (Å²) in [5, 5.41) is 13.2. The van der Waals surface area contributed by atoms with Crippen LogP contribution in [0.2, 0.25) is 5.02 Å². The van der Waals surface area contributed by atoms with Gasteiger partial charge in [0.05, 0.1) is 21.3 Å². The van der Waals surface area contributed by atoms with E-state index in [1.165, 1.54) is 29.5 Å². The molecule has 0 spiro atoms. The first-order chi connectivity index (χ1) is 13.5. The van der Waals surface area contributed by atoms with Gasteiger partial charge in [-0.2, -0.15) is 0 Å². The number of nitro benzene ring substituents is 1. The Labute approximate surface area is 169 Å². The van der Waals surface area contributed by atoms with Gasteiger partial charge in [0.2, 0.25) is 0 Å². The molecule has 5 nitrogen and oxygen atoms in total. The molecule has 1 aliphatic rings. The molecule has 1 fully saturated rings. The van der Waals surface area contributed by atoms with Gasteiger partial charge in [0.25, 0.3) is 5.69 Å². The fraction of sp³-hybridized carbons (Fsp3) is 0.250. The van der Waals surface area contributed by atoms with Crippen LogP contribution in [-0.2, 0) is 0 Å². The van der Waals surface area contributed by atoms with Crippen molar-refractivity contribution in [2.24, 2.45) is 4.99 Å². The first kappa shape index (κ1) is 18.8. The van der Waals surface area contributed by atoms with Crippen LogP contribution in [0.5, 0.6) is 0 Å². The first-order valence-corrected chi connectivity index (χ1v) is 10.2. The second-order valence-corrected chi connectivity index (χ2v) is 7.97. The number of thiazole rings is 1. The predicted octanol–water partition coefficient (Wildman–Crippen LogP) is 6.26. The van der Waals surface area contributed by atoms with Crippen LogP contribution in [0.1, 0.15) is 31.7 Å². The van der Waals surface area contributed by atoms with E-state index in [1.54, 1.807) is 18.2 Å². The van der Waals surface area contributed by atoms with Gasteiger partial charge < -0.3 is 4.57 Å². The van der Waals surface area contributed by atoms with Crippen LogP contribution in [0.15, 0.2) is 52.8 Å². The molecule has 1 aliphatic carbocycles. The maximum absolute atomic E-state index is 13.8. The maximum Gasteiger partial charge on any atom is 0.270 e. The van der Waals surface area contributed by atoms with Crippen LogP contribution in [0.4, 0.5) is 15.8 Å². The molecule has 0 saturated heterocycles. The number of benzene rings is 2. The summed E-state index contributed by atoms with van der Waals surface area (Å²) in [4.78, 5) is 16.2. The molecule has 1 heterocycles. The van der Waals surface area contributed by atoms with E-state index in [9.17, 15) is 14.5 Å². The lowest BCUT2D eigenvalue weighted by molar-refractivity contribution is -0.384. The smallest absolute Gasteiger partial charge is 0.270 e. The summed E-state index contributed by atoms with van der Waals surface area (Å²) in [5.74, 6) is -0.509. The Kier molecular flexibility index (Phi) is 5.28. The second kappa shape index (κ2) is 7.85. The van der Waals surface area contributed by atoms with Gasteiger partial charge in [-0.1, -0.05) is 36.6 Å². The highest BCUT2D eigenvalue weighted by molar-refractivity contribution is 7.07. The third-order valence-electron chi connectivity index (χ3n) is 4.91. The molecule has 1 saturated carbocycles. The summed E-state index contributed by atoms with van der Waals surface area (Å²) in [6, 6.07) is 11.4. The minimum absolute atomic E-state index is 0.0555. The van der Waals surface area contributed by atoms with E-state index in [1.807, 2.05) is 11.4 Å². The lowest BCUT2D eigenvalue weighted by Crippen LogP contribution is -2.20. The summed E-state index contributed by atoms with van der Waals surface area (Å²) in [6.07, 6.45) is 4.33. The van der Waals surface area contributed by atoms with Crippen LogP contribution < -0.4 is 4.80 Å². The Bertz CT molecular complexity index is 1100. The van der Waals surface area contributed by atoms with Crippen molar-refractivity contribution in [3.8, 4) is 11.3 Å². The SMILES string of the molecule is O=[N+]([O-])c1cccc(-c2csc(=Nc3ccc(Cl)c(F)c3)n2C2CCCC2)c1. The molecule has 0 aliphatic heterocycles. The molecule has 0 N–H and O–H groups in total. The van der Waals surface area contributed by atoms with Crippen molar-refractivity contribution in [3.63, 3.8) is 0 Å². The van der Waals surface area contributed by atoms with Gasteiger partial charge in [-0.15, -0.1) is 11.3 Å². The van der Waals surface area contributed by atoms with Crippen LogP contribution in [0.3, 0.4) is 0 Å². The number of nitro groups is 1. The number of hydrogen-bond acceptors (Lipinski definition) is 4. The van der Waals surface area contributed by atoms with Crippen molar-refractivity contribution in [1.82, 2.24) is 4.57 Å². The third kappa shape index (κ3) is 3.72. The molecule has 1 aromatic heterocycles. The van der Waals surface area contributed by atoms with Gasteiger partial charge in [0.1, 0.15) is 5.82 Å². The highest BCUT2D eigenvalue weighted by atomic mass is 35.5. The molecule has 0 radical (unpaired) electrons. The number of hydrogen-bond donors (Lipinski definition) is 0. The zero-order valence-corrected chi connectivity index (χ0v) is 16.4. The number of rotatable bonds is 4. The molecule has 28 heavy (non-hydrogen) atoms. The Hall–Kier alpha value is -2.51. The normalized spacial score (nSPS) is 15.3. The van der Waals surface area contributed by atoms with Crippen molar-refractivity contribution in [3.05, 3.63) is 73.6 Å². The van der Waals surface area contributed by atoms with Gasteiger partial charge in [0, 0.05) is 35.2 Å². The van der Waals surface area contributed by atoms with Crippen LogP contribution in [0, 0.1) is 15.9 Å². The number of nitrogens with zero attached hydrogens (tertiary/aromatic N) is 3. The molecular formula is C20H17ClFN3O2S. The van der Waals surface area contributed by atoms with Crippen molar-refractivity contribution >= 4 is 34.3 Å². The molecular weight excluding hydrogens is 401 g/mol. The summed E-state index contributed by atoms with van der Waals surface area (Å²) in [5.41, 5.74) is 2.22. The summed E-state index contributed by atoms with van der Waals surface area (Å²) in [7, 11) is 0. The monoisotopic (exact) mass is 417 g/mol. The van der Waals surface area contributed by atoms with Gasteiger partial charge in [-0.25, -0.2) is 9.38 Å². The van der Waals surface area contributed by atoms with E-state index < -0.39 is 10.7 Å². The van der Waals surface area contributed by atoms with E-state index in [-0.39, 0.29) is 16.8 Å². The lowest BCUT2D eigenvalue weighted by Gasteiger charge is -2.16. The standard InChI is InChI=1S/C20H17ClFN3O2S/c21-17-9-8-14(11-18(17)22)23-20-24(15-5-1-2-6-15)19(12-28-20)13-4-3-7-16(10-13)25(26)27/h3-4,7-12,15H,1-2,5-6H2. The molecule has 0 unspecified atom stereocenters. The van der Waals surface area contributed by atoms with Crippen molar-refractivity contribution in [2.75, 3.05) is 0 Å². The molecule has 0 amide bonds. The maximum atomic E-state index is 13.8. The summed E-state index contributed by atoms with van der Waals surface area (Å²) < 4.78 is 16.0. The molecule has 2 aromatic carbocycles.